The molecule has 0 amide bonds. The van der Waals surface area contributed by atoms with Gasteiger partial charge in [0.2, 0.25) is 0 Å². The van der Waals surface area contributed by atoms with Crippen molar-refractivity contribution < 1.29 is 24.8 Å². The third-order valence-corrected chi connectivity index (χ3v) is 4.04. The zero-order chi connectivity index (χ0) is 17.4. The predicted octanol–water partition coefficient (Wildman–Crippen LogP) is 0.926. The molecule has 6 heteroatoms. The second kappa shape index (κ2) is 9.86. The molecule has 24 heavy (non-hydrogen) atoms. The highest BCUT2D eigenvalue weighted by Gasteiger charge is 2.37. The van der Waals surface area contributed by atoms with Gasteiger partial charge in [-0.2, -0.15) is 0 Å². The number of aliphatic hydroxyl groups excluding tert-OH is 3. The highest BCUT2D eigenvalue weighted by molar-refractivity contribution is 5.82. The first-order valence-corrected chi connectivity index (χ1v) is 8.35. The standard InChI is InChI=1S/C18H27NO5/c1-13(10-16-18(22)17(21)15(20)12-24-16)19-8-5-9-23-11-14-6-3-2-4-7-14/h2-4,6-7,15-18,20-22H,5,8-12H2,1H3/t15-,16+,17+,18+/m1/s1. The van der Waals surface area contributed by atoms with Gasteiger partial charge >= 0.3 is 0 Å². The van der Waals surface area contributed by atoms with Crippen LogP contribution in [0.3, 0.4) is 0 Å². The molecule has 1 aromatic rings. The molecule has 2 rings (SSSR count). The molecule has 3 N–H and O–H groups in total. The summed E-state index contributed by atoms with van der Waals surface area (Å²) in [6.07, 6.45) is -2.55. The maximum atomic E-state index is 9.90. The van der Waals surface area contributed by atoms with E-state index >= 15 is 0 Å². The fourth-order valence-corrected chi connectivity index (χ4v) is 2.60. The molecule has 0 bridgehead atoms. The van der Waals surface area contributed by atoms with Gasteiger partial charge in [-0.15, -0.1) is 0 Å². The van der Waals surface area contributed by atoms with Crippen molar-refractivity contribution in [1.82, 2.24) is 0 Å². The second-order valence-corrected chi connectivity index (χ2v) is 6.13. The van der Waals surface area contributed by atoms with Crippen LogP contribution in [0.25, 0.3) is 0 Å². The maximum Gasteiger partial charge on any atom is 0.111 e. The number of aliphatic hydroxyl groups is 3. The van der Waals surface area contributed by atoms with Gasteiger partial charge < -0.3 is 24.8 Å². The Morgan fingerprint density at radius 2 is 1.96 bits per heavy atom. The van der Waals surface area contributed by atoms with Crippen molar-refractivity contribution in [3.05, 3.63) is 35.9 Å². The fraction of sp³-hybridized carbons (Fsp3) is 0.611. The van der Waals surface area contributed by atoms with Crippen LogP contribution in [-0.2, 0) is 16.1 Å². The Bertz CT molecular complexity index is 507. The molecule has 134 valence electrons. The Labute approximate surface area is 142 Å². The highest BCUT2D eigenvalue weighted by Crippen LogP contribution is 2.18. The van der Waals surface area contributed by atoms with Gasteiger partial charge in [-0.1, -0.05) is 30.3 Å². The summed E-state index contributed by atoms with van der Waals surface area (Å²) in [6.45, 7) is 3.79. The zero-order valence-electron chi connectivity index (χ0n) is 14.0. The van der Waals surface area contributed by atoms with Gasteiger partial charge in [0.25, 0.3) is 0 Å². The average Bonchev–Trinajstić information content (AvgIpc) is 2.59. The van der Waals surface area contributed by atoms with E-state index in [4.69, 9.17) is 9.47 Å². The number of hydrogen-bond acceptors (Lipinski definition) is 6. The number of ether oxygens (including phenoxy) is 2. The first kappa shape index (κ1) is 19.0. The summed E-state index contributed by atoms with van der Waals surface area (Å²) >= 11 is 0. The molecule has 0 aromatic heterocycles. The quantitative estimate of drug-likeness (QED) is 0.485. The van der Waals surface area contributed by atoms with E-state index in [0.717, 1.165) is 17.7 Å². The molecule has 1 heterocycles. The summed E-state index contributed by atoms with van der Waals surface area (Å²) in [5.41, 5.74) is 2.01. The normalized spacial score (nSPS) is 28.1. The SMILES string of the molecule is CC(C[C@@H]1OC[C@@H](O)[C@H](O)[C@H]1O)=NCCCOCc1ccccc1. The van der Waals surface area contributed by atoms with Crippen LogP contribution in [0.15, 0.2) is 35.3 Å². The van der Waals surface area contributed by atoms with Crippen LogP contribution in [0.2, 0.25) is 0 Å². The van der Waals surface area contributed by atoms with Crippen LogP contribution < -0.4 is 0 Å². The fourth-order valence-electron chi connectivity index (χ4n) is 2.60. The number of benzene rings is 1. The Morgan fingerprint density at radius 3 is 2.71 bits per heavy atom. The van der Waals surface area contributed by atoms with Crippen molar-refractivity contribution in [1.29, 1.82) is 0 Å². The van der Waals surface area contributed by atoms with E-state index in [0.29, 0.717) is 26.2 Å². The molecule has 0 spiro atoms. The number of hydrogen-bond donors (Lipinski definition) is 3. The minimum Gasteiger partial charge on any atom is -0.388 e. The van der Waals surface area contributed by atoms with Gasteiger partial charge in [-0.3, -0.25) is 4.99 Å². The Balaban J connectivity index is 1.61. The molecule has 0 aliphatic carbocycles. The van der Waals surface area contributed by atoms with E-state index in [-0.39, 0.29) is 6.61 Å². The minimum absolute atomic E-state index is 0.0312. The molecule has 0 unspecified atom stereocenters. The molecule has 1 fully saturated rings. The van der Waals surface area contributed by atoms with E-state index in [1.807, 2.05) is 37.3 Å². The molecule has 6 nitrogen and oxygen atoms in total. The Morgan fingerprint density at radius 1 is 1.21 bits per heavy atom. The highest BCUT2D eigenvalue weighted by atomic mass is 16.5. The molecule has 1 saturated heterocycles. The van der Waals surface area contributed by atoms with Crippen LogP contribution in [0.1, 0.15) is 25.3 Å². The maximum absolute atomic E-state index is 9.90. The predicted molar refractivity (Wildman–Crippen MR) is 91.1 cm³/mol. The van der Waals surface area contributed by atoms with E-state index in [2.05, 4.69) is 4.99 Å². The average molecular weight is 337 g/mol. The lowest BCUT2D eigenvalue weighted by Crippen LogP contribution is -2.53. The monoisotopic (exact) mass is 337 g/mol. The molecule has 4 atom stereocenters. The van der Waals surface area contributed by atoms with Crippen LogP contribution >= 0.6 is 0 Å². The summed E-state index contributed by atoms with van der Waals surface area (Å²) in [5, 5.41) is 29.0. The molecular formula is C18H27NO5. The lowest BCUT2D eigenvalue weighted by Gasteiger charge is -2.35. The third-order valence-electron chi connectivity index (χ3n) is 4.04. The second-order valence-electron chi connectivity index (χ2n) is 6.13. The first-order chi connectivity index (χ1) is 11.6. The van der Waals surface area contributed by atoms with E-state index < -0.39 is 24.4 Å². The van der Waals surface area contributed by atoms with Crippen molar-refractivity contribution in [3.8, 4) is 0 Å². The lowest BCUT2D eigenvalue weighted by molar-refractivity contribution is -0.184. The third kappa shape index (κ3) is 5.96. The lowest BCUT2D eigenvalue weighted by atomic mass is 9.96. The van der Waals surface area contributed by atoms with Crippen LogP contribution in [0.5, 0.6) is 0 Å². The number of aliphatic imine (C=N–C) groups is 1. The van der Waals surface area contributed by atoms with Crippen LogP contribution in [0, 0.1) is 0 Å². The van der Waals surface area contributed by atoms with E-state index in [9.17, 15) is 15.3 Å². The van der Waals surface area contributed by atoms with E-state index in [1.165, 1.54) is 0 Å². The molecule has 1 aromatic carbocycles. The van der Waals surface area contributed by atoms with Crippen molar-refractivity contribution in [2.45, 2.75) is 50.8 Å². The summed E-state index contributed by atoms with van der Waals surface area (Å²) in [5.74, 6) is 0. The van der Waals surface area contributed by atoms with Crippen LogP contribution in [-0.4, -0.2) is 65.2 Å². The number of rotatable bonds is 8. The number of nitrogens with zero attached hydrogens (tertiary/aromatic N) is 1. The van der Waals surface area contributed by atoms with Gasteiger partial charge in [0.1, 0.15) is 18.3 Å². The molecule has 1 aliphatic rings. The topological polar surface area (TPSA) is 91.5 Å². The zero-order valence-corrected chi connectivity index (χ0v) is 14.0. The van der Waals surface area contributed by atoms with Gasteiger partial charge in [0.05, 0.1) is 19.3 Å². The van der Waals surface area contributed by atoms with Gasteiger partial charge in [0.15, 0.2) is 0 Å². The molecule has 1 aliphatic heterocycles. The summed E-state index contributed by atoms with van der Waals surface area (Å²) in [7, 11) is 0. The largest absolute Gasteiger partial charge is 0.388 e. The van der Waals surface area contributed by atoms with Gasteiger partial charge in [0, 0.05) is 25.3 Å². The van der Waals surface area contributed by atoms with Crippen molar-refractivity contribution in [2.24, 2.45) is 4.99 Å². The van der Waals surface area contributed by atoms with E-state index in [1.54, 1.807) is 0 Å². The van der Waals surface area contributed by atoms with Crippen molar-refractivity contribution in [3.63, 3.8) is 0 Å². The minimum atomic E-state index is -1.16. The summed E-state index contributed by atoms with van der Waals surface area (Å²) in [6, 6.07) is 10.0. The molecular weight excluding hydrogens is 310 g/mol. The molecule has 0 saturated carbocycles. The van der Waals surface area contributed by atoms with Crippen LogP contribution in [0.4, 0.5) is 0 Å². The summed E-state index contributed by atoms with van der Waals surface area (Å²) in [4.78, 5) is 4.44. The Kier molecular flexibility index (Phi) is 7.81. The van der Waals surface area contributed by atoms with Gasteiger partial charge in [-0.25, -0.2) is 0 Å². The Hall–Kier alpha value is -1.31. The first-order valence-electron chi connectivity index (χ1n) is 8.35. The molecule has 0 radical (unpaired) electrons. The van der Waals surface area contributed by atoms with Gasteiger partial charge in [-0.05, 0) is 18.9 Å². The smallest absolute Gasteiger partial charge is 0.111 e. The summed E-state index contributed by atoms with van der Waals surface area (Å²) < 4.78 is 11.0. The van der Waals surface area contributed by atoms with Crippen molar-refractivity contribution in [2.75, 3.05) is 19.8 Å². The van der Waals surface area contributed by atoms with Crippen molar-refractivity contribution >= 4 is 5.71 Å².